The molecule has 5 rings (SSSR count). The molecule has 2 amide bonds. The number of para-hydroxylation sites is 2. The number of thiocarbonyl (C=S) groups is 1. The molecule has 6 nitrogen and oxygen atoms in total. The van der Waals surface area contributed by atoms with Crippen molar-refractivity contribution in [1.29, 1.82) is 0 Å². The van der Waals surface area contributed by atoms with Crippen molar-refractivity contribution in [1.82, 2.24) is 4.90 Å². The lowest BCUT2D eigenvalue weighted by molar-refractivity contribution is -0.115. The second-order valence-corrected chi connectivity index (χ2v) is 9.34. The predicted octanol–water partition coefficient (Wildman–Crippen LogP) is 3.75. The lowest BCUT2D eigenvalue weighted by Crippen LogP contribution is -2.45. The first-order valence-corrected chi connectivity index (χ1v) is 11.4. The summed E-state index contributed by atoms with van der Waals surface area (Å²) in [7, 11) is 0. The average Bonchev–Trinajstić information content (AvgIpc) is 3.22. The average molecular weight is 472 g/mol. The first-order chi connectivity index (χ1) is 15.1. The molecule has 0 aromatic heterocycles. The Balaban J connectivity index is 1.55. The van der Waals surface area contributed by atoms with Crippen LogP contribution in [0.2, 0.25) is 5.02 Å². The number of amides is 2. The SMILES string of the molecule is O=C1/C(=C2\SC(=S)N(c3ccccc3Cl)C2=O)c2ccccc2N1CN1CCOCC1. The van der Waals surface area contributed by atoms with Gasteiger partial charge in [0.2, 0.25) is 0 Å². The van der Waals surface area contributed by atoms with Crippen molar-refractivity contribution >= 4 is 68.7 Å². The molecule has 158 valence electrons. The van der Waals surface area contributed by atoms with Gasteiger partial charge in [-0.25, -0.2) is 0 Å². The predicted molar refractivity (Wildman–Crippen MR) is 127 cm³/mol. The highest BCUT2D eigenvalue weighted by atomic mass is 35.5. The third-order valence-electron chi connectivity index (χ3n) is 5.46. The fourth-order valence-corrected chi connectivity index (χ4v) is 5.52. The van der Waals surface area contributed by atoms with Crippen molar-refractivity contribution in [2.45, 2.75) is 0 Å². The van der Waals surface area contributed by atoms with Crippen LogP contribution < -0.4 is 9.80 Å². The molecule has 9 heteroatoms. The van der Waals surface area contributed by atoms with Crippen LogP contribution in [0.5, 0.6) is 0 Å². The van der Waals surface area contributed by atoms with E-state index in [1.54, 1.807) is 29.2 Å². The van der Waals surface area contributed by atoms with Crippen molar-refractivity contribution in [2.75, 3.05) is 42.8 Å². The highest BCUT2D eigenvalue weighted by molar-refractivity contribution is 8.27. The van der Waals surface area contributed by atoms with Gasteiger partial charge in [-0.15, -0.1) is 0 Å². The largest absolute Gasteiger partial charge is 0.379 e. The Hall–Kier alpha value is -2.23. The van der Waals surface area contributed by atoms with Crippen LogP contribution in [0, 0.1) is 0 Å². The van der Waals surface area contributed by atoms with Gasteiger partial charge in [0.25, 0.3) is 11.8 Å². The standard InChI is InChI=1S/C22H18ClN3O3S2/c23-15-6-2-4-8-17(15)26-21(28)19(31-22(26)30)18-14-5-1-3-7-16(14)25(20(18)27)13-24-9-11-29-12-10-24/h1-8H,9-13H2/b19-18-. The molecule has 3 aliphatic rings. The molecule has 3 heterocycles. The van der Waals surface area contributed by atoms with Gasteiger partial charge in [0.15, 0.2) is 4.32 Å². The lowest BCUT2D eigenvalue weighted by Gasteiger charge is -2.30. The summed E-state index contributed by atoms with van der Waals surface area (Å²) in [6.45, 7) is 3.26. The second-order valence-electron chi connectivity index (χ2n) is 7.29. The first-order valence-electron chi connectivity index (χ1n) is 9.82. The zero-order valence-corrected chi connectivity index (χ0v) is 18.8. The summed E-state index contributed by atoms with van der Waals surface area (Å²) in [6, 6.07) is 14.6. The molecule has 0 saturated carbocycles. The van der Waals surface area contributed by atoms with E-state index in [1.807, 2.05) is 24.3 Å². The molecule has 2 fully saturated rings. The molecular formula is C22H18ClN3O3S2. The van der Waals surface area contributed by atoms with E-state index in [9.17, 15) is 9.59 Å². The van der Waals surface area contributed by atoms with Crippen LogP contribution in [-0.4, -0.2) is 54.0 Å². The molecule has 2 saturated heterocycles. The smallest absolute Gasteiger partial charge is 0.271 e. The highest BCUT2D eigenvalue weighted by Gasteiger charge is 2.43. The van der Waals surface area contributed by atoms with Gasteiger partial charge in [-0.1, -0.05) is 65.9 Å². The van der Waals surface area contributed by atoms with Crippen LogP contribution >= 0.6 is 35.6 Å². The number of morpholine rings is 1. The Morgan fingerprint density at radius 2 is 1.65 bits per heavy atom. The van der Waals surface area contributed by atoms with Gasteiger partial charge in [-0.05, 0) is 18.2 Å². The number of ether oxygens (including phenoxy) is 1. The number of hydrogen-bond donors (Lipinski definition) is 0. The molecule has 0 radical (unpaired) electrons. The Bertz CT molecular complexity index is 1130. The summed E-state index contributed by atoms with van der Waals surface area (Å²) in [6.07, 6.45) is 0. The van der Waals surface area contributed by atoms with Crippen molar-refractivity contribution in [3.8, 4) is 0 Å². The topological polar surface area (TPSA) is 53.1 Å². The maximum atomic E-state index is 13.5. The van der Waals surface area contributed by atoms with Crippen LogP contribution in [0.3, 0.4) is 0 Å². The van der Waals surface area contributed by atoms with E-state index in [0.29, 0.717) is 45.4 Å². The molecule has 3 aliphatic heterocycles. The van der Waals surface area contributed by atoms with Crippen LogP contribution in [0.1, 0.15) is 5.56 Å². The number of anilines is 2. The Morgan fingerprint density at radius 1 is 0.968 bits per heavy atom. The summed E-state index contributed by atoms with van der Waals surface area (Å²) in [5, 5.41) is 0.428. The molecule has 31 heavy (non-hydrogen) atoms. The fourth-order valence-electron chi connectivity index (χ4n) is 3.94. The van der Waals surface area contributed by atoms with Gasteiger partial charge in [-0.2, -0.15) is 0 Å². The number of rotatable bonds is 3. The van der Waals surface area contributed by atoms with Gasteiger partial charge >= 0.3 is 0 Å². The number of halogens is 1. The number of carbonyl (C=O) groups excluding carboxylic acids is 2. The van der Waals surface area contributed by atoms with Crippen molar-refractivity contribution < 1.29 is 14.3 Å². The number of carbonyl (C=O) groups is 2. The molecule has 0 aliphatic carbocycles. The monoisotopic (exact) mass is 471 g/mol. The Labute approximate surface area is 194 Å². The van der Waals surface area contributed by atoms with E-state index < -0.39 is 0 Å². The molecule has 0 spiro atoms. The van der Waals surface area contributed by atoms with Gasteiger partial charge in [0.1, 0.15) is 0 Å². The van der Waals surface area contributed by atoms with Gasteiger partial charge < -0.3 is 4.74 Å². The number of benzene rings is 2. The fraction of sp³-hybridized carbons (Fsp3) is 0.227. The van der Waals surface area contributed by atoms with Gasteiger partial charge in [0, 0.05) is 18.7 Å². The van der Waals surface area contributed by atoms with E-state index in [2.05, 4.69) is 4.90 Å². The minimum atomic E-state index is -0.325. The maximum Gasteiger partial charge on any atom is 0.271 e. The Morgan fingerprint density at radius 3 is 2.39 bits per heavy atom. The lowest BCUT2D eigenvalue weighted by atomic mass is 10.1. The van der Waals surface area contributed by atoms with E-state index in [0.717, 1.165) is 36.1 Å². The molecule has 0 unspecified atom stereocenters. The zero-order valence-electron chi connectivity index (χ0n) is 16.4. The van der Waals surface area contributed by atoms with Crippen LogP contribution in [0.15, 0.2) is 53.4 Å². The molecule has 0 N–H and O–H groups in total. The summed E-state index contributed by atoms with van der Waals surface area (Å²) < 4.78 is 5.78. The number of thioether (sulfide) groups is 1. The van der Waals surface area contributed by atoms with Crippen LogP contribution in [0.4, 0.5) is 11.4 Å². The third kappa shape index (κ3) is 3.58. The summed E-state index contributed by atoms with van der Waals surface area (Å²) >= 11 is 13.0. The summed E-state index contributed by atoms with van der Waals surface area (Å²) in [5.41, 5.74) is 2.47. The molecule has 0 bridgehead atoms. The van der Waals surface area contributed by atoms with Gasteiger partial charge in [-0.3, -0.25) is 24.3 Å². The Kier molecular flexibility index (Phi) is 5.58. The number of nitrogens with zero attached hydrogens (tertiary/aromatic N) is 3. The maximum absolute atomic E-state index is 13.5. The molecule has 0 atom stereocenters. The van der Waals surface area contributed by atoms with Crippen LogP contribution in [-0.2, 0) is 14.3 Å². The number of fused-ring (bicyclic) bond motifs is 1. The highest BCUT2D eigenvalue weighted by Crippen LogP contribution is 2.46. The van der Waals surface area contributed by atoms with Crippen molar-refractivity contribution in [2.24, 2.45) is 0 Å². The second kappa shape index (κ2) is 8.37. The van der Waals surface area contributed by atoms with Crippen LogP contribution in [0.25, 0.3) is 5.57 Å². The minimum absolute atomic E-state index is 0.188. The first kappa shape index (κ1) is 20.7. The van der Waals surface area contributed by atoms with Gasteiger partial charge in [0.05, 0.1) is 46.8 Å². The summed E-state index contributed by atoms with van der Waals surface area (Å²) in [4.78, 5) is 32.6. The quantitative estimate of drug-likeness (QED) is 0.502. The minimum Gasteiger partial charge on any atom is -0.379 e. The number of hydrogen-bond acceptors (Lipinski definition) is 6. The summed E-state index contributed by atoms with van der Waals surface area (Å²) in [5.74, 6) is -0.512. The van der Waals surface area contributed by atoms with E-state index in [1.165, 1.54) is 4.90 Å². The van der Waals surface area contributed by atoms with E-state index in [-0.39, 0.29) is 11.8 Å². The zero-order chi connectivity index (χ0) is 21.5. The molecule has 2 aromatic rings. The van der Waals surface area contributed by atoms with Crippen molar-refractivity contribution in [3.05, 3.63) is 64.0 Å². The van der Waals surface area contributed by atoms with E-state index in [4.69, 9.17) is 28.6 Å². The molecule has 2 aromatic carbocycles. The third-order valence-corrected chi connectivity index (χ3v) is 7.15. The normalized spacial score (nSPS) is 21.9. The van der Waals surface area contributed by atoms with Crippen molar-refractivity contribution in [3.63, 3.8) is 0 Å². The molecular weight excluding hydrogens is 454 g/mol. The van der Waals surface area contributed by atoms with E-state index >= 15 is 0 Å².